The van der Waals surface area contributed by atoms with Gasteiger partial charge in [-0.25, -0.2) is 14.6 Å². The van der Waals surface area contributed by atoms with E-state index in [1.54, 1.807) is 13.8 Å². The zero-order valence-corrected chi connectivity index (χ0v) is 17.1. The number of thiazole rings is 1. The summed E-state index contributed by atoms with van der Waals surface area (Å²) in [5.41, 5.74) is 5.42. The van der Waals surface area contributed by atoms with Gasteiger partial charge in [-0.15, -0.1) is 10.2 Å². The third kappa shape index (κ3) is 5.38. The number of nitrogen functional groups attached to an aromatic ring is 1. The van der Waals surface area contributed by atoms with Gasteiger partial charge in [0.05, 0.1) is 17.9 Å². The molecule has 0 unspecified atom stereocenters. The molecule has 0 aliphatic carbocycles. The van der Waals surface area contributed by atoms with Gasteiger partial charge in [-0.2, -0.15) is 0 Å². The minimum atomic E-state index is -1.28. The Kier molecular flexibility index (Phi) is 7.20. The largest absolute Gasteiger partial charge is 0.510 e. The fraction of sp³-hybridized carbons (Fsp3) is 0.222. The van der Waals surface area contributed by atoms with Gasteiger partial charge < -0.3 is 20.7 Å². The molecule has 0 saturated carbocycles. The highest BCUT2D eigenvalue weighted by Gasteiger charge is 2.20. The number of aromatic nitrogens is 1. The van der Waals surface area contributed by atoms with Crippen molar-refractivity contribution in [3.05, 3.63) is 45.8 Å². The minimum absolute atomic E-state index is 0.0575. The Morgan fingerprint density at radius 1 is 1.30 bits per heavy atom. The highest BCUT2D eigenvalue weighted by Crippen LogP contribution is 2.26. The molecule has 0 spiro atoms. The summed E-state index contributed by atoms with van der Waals surface area (Å²) in [6.07, 6.45) is 0. The van der Waals surface area contributed by atoms with Crippen LogP contribution in [-0.4, -0.2) is 39.6 Å². The Labute approximate surface area is 174 Å². The van der Waals surface area contributed by atoms with E-state index in [0.29, 0.717) is 5.69 Å². The van der Waals surface area contributed by atoms with Gasteiger partial charge >= 0.3 is 11.9 Å². The second-order valence-electron chi connectivity index (χ2n) is 5.82. The summed E-state index contributed by atoms with van der Waals surface area (Å²) in [7, 11) is 0. The number of anilines is 2. The number of aliphatic hydroxyl groups excluding tert-OH is 1. The number of nitrogens with one attached hydrogen (secondary N) is 1. The van der Waals surface area contributed by atoms with Crippen LogP contribution in [0.1, 0.15) is 39.6 Å². The fourth-order valence-corrected chi connectivity index (χ4v) is 3.05. The van der Waals surface area contributed by atoms with Crippen LogP contribution in [0.4, 0.5) is 16.5 Å². The van der Waals surface area contributed by atoms with Crippen molar-refractivity contribution in [3.63, 3.8) is 0 Å². The normalized spacial score (nSPS) is 11.8. The number of nitrogens with two attached hydrogens (primary N) is 1. The Hall–Kier alpha value is -3.80. The number of rotatable bonds is 7. The predicted octanol–water partition coefficient (Wildman–Crippen LogP) is 3.42. The maximum absolute atomic E-state index is 12.5. The standard InChI is InChI=1S/C18H19N5O6S/c1-4-29-17(28)14-8(2)20-18(30-14)21-15(25)13(9(3)24)23-22-12-6-5-10(19)7-11(12)16(26)27/h5-7,24H,4,19H2,1-3H3,(H,26,27)(H,20,21,25)/b13-9+,23-22?. The van der Waals surface area contributed by atoms with Gasteiger partial charge in [0.2, 0.25) is 0 Å². The lowest BCUT2D eigenvalue weighted by atomic mass is 10.1. The summed E-state index contributed by atoms with van der Waals surface area (Å²) < 4.78 is 4.92. The van der Waals surface area contributed by atoms with Gasteiger partial charge in [0, 0.05) is 5.69 Å². The molecule has 158 valence electrons. The van der Waals surface area contributed by atoms with Crippen molar-refractivity contribution in [2.75, 3.05) is 17.7 Å². The van der Waals surface area contributed by atoms with Gasteiger partial charge in [-0.3, -0.25) is 10.1 Å². The molecule has 0 aliphatic rings. The number of aryl methyl sites for hydroxylation is 1. The number of hydrogen-bond donors (Lipinski definition) is 4. The van der Waals surface area contributed by atoms with Gasteiger partial charge in [0.25, 0.3) is 5.91 Å². The van der Waals surface area contributed by atoms with Gasteiger partial charge in [0.15, 0.2) is 10.8 Å². The van der Waals surface area contributed by atoms with E-state index in [-0.39, 0.29) is 33.6 Å². The van der Waals surface area contributed by atoms with E-state index >= 15 is 0 Å². The SMILES string of the molecule is CCOC(=O)c1sc(NC(=O)/C(N=Nc2ccc(N)cc2C(=O)O)=C(/C)O)nc1C. The van der Waals surface area contributed by atoms with Crippen LogP contribution >= 0.6 is 11.3 Å². The molecule has 0 radical (unpaired) electrons. The van der Waals surface area contributed by atoms with Crippen LogP contribution in [0.25, 0.3) is 0 Å². The number of hydrogen-bond acceptors (Lipinski definition) is 10. The Morgan fingerprint density at radius 2 is 2.00 bits per heavy atom. The first-order valence-electron chi connectivity index (χ1n) is 8.54. The summed E-state index contributed by atoms with van der Waals surface area (Å²) in [6.45, 7) is 4.66. The van der Waals surface area contributed by atoms with E-state index in [2.05, 4.69) is 20.5 Å². The van der Waals surface area contributed by atoms with Crippen molar-refractivity contribution in [3.8, 4) is 0 Å². The number of aliphatic hydroxyl groups is 1. The number of nitrogens with zero attached hydrogens (tertiary/aromatic N) is 3. The third-order valence-corrected chi connectivity index (χ3v) is 4.60. The molecule has 12 heteroatoms. The molecule has 0 bridgehead atoms. The molecule has 0 saturated heterocycles. The Morgan fingerprint density at radius 3 is 2.60 bits per heavy atom. The van der Waals surface area contributed by atoms with E-state index in [4.69, 9.17) is 10.5 Å². The highest BCUT2D eigenvalue weighted by molar-refractivity contribution is 7.17. The molecule has 30 heavy (non-hydrogen) atoms. The molecule has 1 heterocycles. The van der Waals surface area contributed by atoms with Crippen LogP contribution in [-0.2, 0) is 9.53 Å². The number of allylic oxidation sites excluding steroid dienone is 1. The maximum atomic E-state index is 12.5. The topological polar surface area (TPSA) is 177 Å². The molecule has 1 aromatic heterocycles. The fourth-order valence-electron chi connectivity index (χ4n) is 2.19. The predicted molar refractivity (Wildman–Crippen MR) is 109 cm³/mol. The lowest BCUT2D eigenvalue weighted by molar-refractivity contribution is -0.113. The van der Waals surface area contributed by atoms with Gasteiger partial charge in [-0.1, -0.05) is 11.3 Å². The first kappa shape index (κ1) is 22.5. The van der Waals surface area contributed by atoms with Gasteiger partial charge in [0.1, 0.15) is 16.3 Å². The molecule has 2 rings (SSSR count). The molecule has 5 N–H and O–H groups in total. The molecule has 2 aromatic rings. The number of esters is 1. The molecule has 0 fully saturated rings. The monoisotopic (exact) mass is 433 g/mol. The van der Waals surface area contributed by atoms with Crippen molar-refractivity contribution >= 4 is 45.7 Å². The molecule has 11 nitrogen and oxygen atoms in total. The number of azo groups is 1. The molecule has 0 aliphatic heterocycles. The van der Waals surface area contributed by atoms with E-state index < -0.39 is 29.3 Å². The Bertz CT molecular complexity index is 1060. The van der Waals surface area contributed by atoms with Crippen LogP contribution in [0, 0.1) is 6.92 Å². The number of carbonyl (C=O) groups is 3. The van der Waals surface area contributed by atoms with E-state index in [1.165, 1.54) is 25.1 Å². The van der Waals surface area contributed by atoms with E-state index in [1.807, 2.05) is 0 Å². The van der Waals surface area contributed by atoms with Crippen LogP contribution in [0.2, 0.25) is 0 Å². The number of aromatic carboxylic acids is 1. The summed E-state index contributed by atoms with van der Waals surface area (Å²) in [4.78, 5) is 40.0. The van der Waals surface area contributed by atoms with Crippen LogP contribution < -0.4 is 11.1 Å². The molecular formula is C18H19N5O6S. The molecule has 1 aromatic carbocycles. The smallest absolute Gasteiger partial charge is 0.350 e. The average Bonchev–Trinajstić information content (AvgIpc) is 3.02. The number of carboxylic acids is 1. The zero-order valence-electron chi connectivity index (χ0n) is 16.3. The Balaban J connectivity index is 2.26. The number of ether oxygens (including phenoxy) is 1. The molecular weight excluding hydrogens is 414 g/mol. The van der Waals surface area contributed by atoms with E-state index in [0.717, 1.165) is 11.3 Å². The quantitative estimate of drug-likeness (QED) is 0.169. The molecule has 1 amide bonds. The number of carbonyl (C=O) groups excluding carboxylic acids is 2. The number of benzene rings is 1. The average molecular weight is 433 g/mol. The summed E-state index contributed by atoms with van der Waals surface area (Å²) in [5, 5.41) is 29.0. The third-order valence-electron chi connectivity index (χ3n) is 3.54. The summed E-state index contributed by atoms with van der Waals surface area (Å²) >= 11 is 0.902. The van der Waals surface area contributed by atoms with Crippen molar-refractivity contribution in [2.24, 2.45) is 10.2 Å². The van der Waals surface area contributed by atoms with Gasteiger partial charge in [-0.05, 0) is 39.0 Å². The number of carboxylic acid groups (broad SMARTS) is 1. The van der Waals surface area contributed by atoms with Crippen molar-refractivity contribution in [1.82, 2.24) is 4.98 Å². The van der Waals surface area contributed by atoms with Crippen molar-refractivity contribution < 1.29 is 29.3 Å². The van der Waals surface area contributed by atoms with E-state index in [9.17, 15) is 24.6 Å². The summed E-state index contributed by atoms with van der Waals surface area (Å²) in [6, 6.07) is 3.94. The highest BCUT2D eigenvalue weighted by atomic mass is 32.1. The second kappa shape index (κ2) is 9.60. The minimum Gasteiger partial charge on any atom is -0.510 e. The molecule has 0 atom stereocenters. The number of amides is 1. The van der Waals surface area contributed by atoms with Crippen LogP contribution in [0.5, 0.6) is 0 Å². The second-order valence-corrected chi connectivity index (χ2v) is 6.82. The van der Waals surface area contributed by atoms with Crippen molar-refractivity contribution in [2.45, 2.75) is 20.8 Å². The van der Waals surface area contributed by atoms with Crippen LogP contribution in [0.3, 0.4) is 0 Å². The lowest BCUT2D eigenvalue weighted by Crippen LogP contribution is -2.14. The lowest BCUT2D eigenvalue weighted by Gasteiger charge is -2.04. The summed E-state index contributed by atoms with van der Waals surface area (Å²) in [5.74, 6) is -3.15. The van der Waals surface area contributed by atoms with Crippen LogP contribution in [0.15, 0.2) is 39.9 Å². The first-order chi connectivity index (χ1) is 14.1. The zero-order chi connectivity index (χ0) is 22.4. The maximum Gasteiger partial charge on any atom is 0.350 e. The van der Waals surface area contributed by atoms with Crippen molar-refractivity contribution in [1.29, 1.82) is 0 Å². The first-order valence-corrected chi connectivity index (χ1v) is 9.36.